The van der Waals surface area contributed by atoms with Gasteiger partial charge in [-0.2, -0.15) is 0 Å². The molecule has 28 heavy (non-hydrogen) atoms. The second-order valence-electron chi connectivity index (χ2n) is 6.40. The smallest absolute Gasteiger partial charge is 0.339 e. The summed E-state index contributed by atoms with van der Waals surface area (Å²) < 4.78 is 5.25. The number of carbonyl (C=O) groups excluding carboxylic acids is 2. The van der Waals surface area contributed by atoms with Crippen LogP contribution in [0.5, 0.6) is 0 Å². The number of fused-ring (bicyclic) bond motifs is 1. The topological polar surface area (TPSA) is 59.5 Å². The second kappa shape index (κ2) is 8.59. The molecule has 0 aliphatic heterocycles. The van der Waals surface area contributed by atoms with Gasteiger partial charge in [-0.05, 0) is 36.8 Å². The number of halogens is 2. The van der Waals surface area contributed by atoms with Gasteiger partial charge in [0.15, 0.2) is 6.61 Å². The first-order valence-corrected chi connectivity index (χ1v) is 9.32. The van der Waals surface area contributed by atoms with Crippen LogP contribution in [0, 0.1) is 6.92 Å². The lowest BCUT2D eigenvalue weighted by Gasteiger charge is -2.17. The van der Waals surface area contributed by atoms with Crippen molar-refractivity contribution in [1.82, 2.24) is 9.88 Å². The monoisotopic (exact) mass is 416 g/mol. The summed E-state index contributed by atoms with van der Waals surface area (Å²) in [5, 5.41) is 1.56. The highest BCUT2D eigenvalue weighted by Gasteiger charge is 2.17. The van der Waals surface area contributed by atoms with Crippen LogP contribution in [0.2, 0.25) is 10.0 Å². The highest BCUT2D eigenvalue weighted by Crippen LogP contribution is 2.23. The Labute approximate surface area is 172 Å². The molecule has 0 bridgehead atoms. The van der Waals surface area contributed by atoms with Crippen molar-refractivity contribution in [3.05, 3.63) is 75.4 Å². The number of aryl methyl sites for hydroxylation is 1. The van der Waals surface area contributed by atoms with Gasteiger partial charge in [-0.3, -0.25) is 9.78 Å². The number of rotatable bonds is 5. The number of carbonyl (C=O) groups is 2. The van der Waals surface area contributed by atoms with E-state index in [9.17, 15) is 9.59 Å². The molecule has 1 amide bonds. The molecule has 144 valence electrons. The number of aromatic nitrogens is 1. The van der Waals surface area contributed by atoms with Crippen LogP contribution in [-0.2, 0) is 16.1 Å². The summed E-state index contributed by atoms with van der Waals surface area (Å²) in [7, 11) is 1.63. The maximum atomic E-state index is 12.5. The summed E-state index contributed by atoms with van der Waals surface area (Å²) >= 11 is 11.9. The highest BCUT2D eigenvalue weighted by atomic mass is 35.5. The second-order valence-corrected chi connectivity index (χ2v) is 7.22. The number of benzene rings is 2. The van der Waals surface area contributed by atoms with Gasteiger partial charge in [0.1, 0.15) is 0 Å². The standard InChI is InChI=1S/C21H18Cl2N2O3/c1-13-9-16(15-5-3-4-6-19(15)24-13)21(27)28-12-20(26)25(2)11-14-7-8-17(22)18(23)10-14/h3-10H,11-12H2,1-2H3. The van der Waals surface area contributed by atoms with E-state index in [2.05, 4.69) is 4.98 Å². The fourth-order valence-electron chi connectivity index (χ4n) is 2.79. The van der Waals surface area contributed by atoms with Gasteiger partial charge in [-0.15, -0.1) is 0 Å². The largest absolute Gasteiger partial charge is 0.452 e. The van der Waals surface area contributed by atoms with Crippen LogP contribution >= 0.6 is 23.2 Å². The van der Waals surface area contributed by atoms with E-state index in [1.165, 1.54) is 4.90 Å². The summed E-state index contributed by atoms with van der Waals surface area (Å²) in [6.45, 7) is 1.77. The molecule has 5 nitrogen and oxygen atoms in total. The van der Waals surface area contributed by atoms with E-state index in [4.69, 9.17) is 27.9 Å². The van der Waals surface area contributed by atoms with Gasteiger partial charge >= 0.3 is 5.97 Å². The third-order valence-electron chi connectivity index (χ3n) is 4.22. The zero-order valence-corrected chi connectivity index (χ0v) is 16.9. The van der Waals surface area contributed by atoms with E-state index in [0.717, 1.165) is 5.56 Å². The van der Waals surface area contributed by atoms with Crippen molar-refractivity contribution in [2.75, 3.05) is 13.7 Å². The highest BCUT2D eigenvalue weighted by molar-refractivity contribution is 6.42. The van der Waals surface area contributed by atoms with Gasteiger partial charge in [0, 0.05) is 24.7 Å². The van der Waals surface area contributed by atoms with Crippen molar-refractivity contribution >= 4 is 46.0 Å². The molecule has 0 saturated carbocycles. The van der Waals surface area contributed by atoms with Crippen LogP contribution in [0.4, 0.5) is 0 Å². The van der Waals surface area contributed by atoms with Crippen LogP contribution in [0.1, 0.15) is 21.6 Å². The molecule has 0 atom stereocenters. The number of ether oxygens (including phenoxy) is 1. The molecule has 1 aromatic heterocycles. The Hall–Kier alpha value is -2.63. The van der Waals surface area contributed by atoms with Crippen LogP contribution in [-0.4, -0.2) is 35.4 Å². The average Bonchev–Trinajstić information content (AvgIpc) is 2.67. The minimum atomic E-state index is -0.557. The third kappa shape index (κ3) is 4.61. The molecular formula is C21H18Cl2N2O3. The minimum absolute atomic E-state index is 0.324. The predicted molar refractivity (Wildman–Crippen MR) is 110 cm³/mol. The molecule has 0 radical (unpaired) electrons. The molecule has 3 aromatic rings. The summed E-state index contributed by atoms with van der Waals surface area (Å²) in [4.78, 5) is 30.7. The van der Waals surface area contributed by atoms with Crippen LogP contribution in [0.3, 0.4) is 0 Å². The number of likely N-dealkylation sites (N-methyl/N-ethyl adjacent to an activating group) is 1. The Balaban J connectivity index is 1.65. The fraction of sp³-hybridized carbons (Fsp3) is 0.190. The lowest BCUT2D eigenvalue weighted by molar-refractivity contribution is -0.133. The van der Waals surface area contributed by atoms with Gasteiger partial charge in [0.2, 0.25) is 0 Å². The fourth-order valence-corrected chi connectivity index (χ4v) is 3.11. The van der Waals surface area contributed by atoms with Crippen molar-refractivity contribution in [2.24, 2.45) is 0 Å². The first kappa shape index (κ1) is 20.1. The zero-order valence-electron chi connectivity index (χ0n) is 15.4. The Morgan fingerprint density at radius 3 is 2.57 bits per heavy atom. The van der Waals surface area contributed by atoms with Crippen LogP contribution in [0.25, 0.3) is 10.9 Å². The Kier molecular flexibility index (Phi) is 6.17. The number of para-hydroxylation sites is 1. The normalized spacial score (nSPS) is 10.7. The SMILES string of the molecule is Cc1cc(C(=O)OCC(=O)N(C)Cc2ccc(Cl)c(Cl)c2)c2ccccc2n1. The van der Waals surface area contributed by atoms with Gasteiger partial charge < -0.3 is 9.64 Å². The number of pyridine rings is 1. The first-order chi connectivity index (χ1) is 13.3. The molecule has 2 aromatic carbocycles. The Morgan fingerprint density at radius 2 is 1.82 bits per heavy atom. The first-order valence-electron chi connectivity index (χ1n) is 8.56. The van der Waals surface area contributed by atoms with E-state index in [1.54, 1.807) is 44.3 Å². The molecule has 0 fully saturated rings. The van der Waals surface area contributed by atoms with Crippen LogP contribution < -0.4 is 0 Å². The molecule has 1 heterocycles. The van der Waals surface area contributed by atoms with Crippen molar-refractivity contribution in [3.63, 3.8) is 0 Å². The molecule has 7 heteroatoms. The molecule has 0 saturated heterocycles. The van der Waals surface area contributed by atoms with Crippen molar-refractivity contribution in [1.29, 1.82) is 0 Å². The third-order valence-corrected chi connectivity index (χ3v) is 4.96. The molecule has 0 unspecified atom stereocenters. The van der Waals surface area contributed by atoms with E-state index >= 15 is 0 Å². The van der Waals surface area contributed by atoms with E-state index in [-0.39, 0.29) is 12.5 Å². The summed E-state index contributed by atoms with van der Waals surface area (Å²) in [5.41, 5.74) is 2.63. The number of hydrogen-bond donors (Lipinski definition) is 0. The lowest BCUT2D eigenvalue weighted by atomic mass is 10.1. The minimum Gasteiger partial charge on any atom is -0.452 e. The van der Waals surface area contributed by atoms with E-state index in [0.29, 0.717) is 38.8 Å². The molecule has 0 aliphatic carbocycles. The Morgan fingerprint density at radius 1 is 1.07 bits per heavy atom. The van der Waals surface area contributed by atoms with Crippen molar-refractivity contribution in [3.8, 4) is 0 Å². The van der Waals surface area contributed by atoms with E-state index < -0.39 is 5.97 Å². The predicted octanol–water partition coefficient (Wildman–Crippen LogP) is 4.67. The molecule has 3 rings (SSSR count). The summed E-state index contributed by atoms with van der Waals surface area (Å²) in [5.74, 6) is -0.882. The quantitative estimate of drug-likeness (QED) is 0.567. The zero-order chi connectivity index (χ0) is 20.3. The van der Waals surface area contributed by atoms with E-state index in [1.807, 2.05) is 18.2 Å². The molecular weight excluding hydrogens is 399 g/mol. The lowest BCUT2D eigenvalue weighted by Crippen LogP contribution is -2.30. The summed E-state index contributed by atoms with van der Waals surface area (Å²) in [6.07, 6.45) is 0. The maximum Gasteiger partial charge on any atom is 0.339 e. The van der Waals surface area contributed by atoms with Gasteiger partial charge in [0.05, 0.1) is 21.1 Å². The molecule has 0 spiro atoms. The Bertz CT molecular complexity index is 1050. The van der Waals surface area contributed by atoms with Gasteiger partial charge in [0.25, 0.3) is 5.91 Å². The van der Waals surface area contributed by atoms with Gasteiger partial charge in [-0.25, -0.2) is 4.79 Å². The summed E-state index contributed by atoms with van der Waals surface area (Å²) in [6, 6.07) is 14.1. The van der Waals surface area contributed by atoms with Crippen LogP contribution in [0.15, 0.2) is 48.5 Å². The van der Waals surface area contributed by atoms with Crippen molar-refractivity contribution < 1.29 is 14.3 Å². The average molecular weight is 417 g/mol. The number of esters is 1. The molecule has 0 aliphatic rings. The van der Waals surface area contributed by atoms with Gasteiger partial charge in [-0.1, -0.05) is 47.5 Å². The van der Waals surface area contributed by atoms with Crippen molar-refractivity contribution in [2.45, 2.75) is 13.5 Å². The number of hydrogen-bond acceptors (Lipinski definition) is 4. The number of nitrogens with zero attached hydrogens (tertiary/aromatic N) is 2. The molecule has 0 N–H and O–H groups in total. The maximum absolute atomic E-state index is 12.5. The number of amides is 1.